The zero-order valence-corrected chi connectivity index (χ0v) is 21.0. The maximum atomic E-state index is 12.8. The zero-order valence-electron chi connectivity index (χ0n) is 20.3. The molecule has 0 bridgehead atoms. The van der Waals surface area contributed by atoms with Gasteiger partial charge in [0.2, 0.25) is 11.8 Å². The van der Waals surface area contributed by atoms with Gasteiger partial charge in [-0.2, -0.15) is 0 Å². The van der Waals surface area contributed by atoms with Gasteiger partial charge in [0.05, 0.1) is 12.0 Å². The van der Waals surface area contributed by atoms with Gasteiger partial charge in [0.25, 0.3) is 0 Å². The molecule has 2 aromatic carbocycles. The first-order valence-corrected chi connectivity index (χ1v) is 12.1. The number of anilines is 1. The summed E-state index contributed by atoms with van der Waals surface area (Å²) in [5, 5.41) is 3.33. The molecule has 1 saturated heterocycles. The van der Waals surface area contributed by atoms with Crippen molar-refractivity contribution in [2.45, 2.75) is 32.7 Å². The van der Waals surface area contributed by atoms with Crippen LogP contribution in [0.2, 0.25) is 5.02 Å². The number of rotatable bonds is 9. The molecule has 1 aliphatic heterocycles. The lowest BCUT2D eigenvalue weighted by Gasteiger charge is -2.39. The standard InChI is InChI=1S/C26H33ClN4O4/c1-3-19-8-10-21(11-9-19)29-25(34)35-18-26(24(28)33)12-14-31(15-13-26)23(32)17-30(2)16-20-6-4-5-7-22(20)27/h4-11H,3,12-18H2,1-2H3,(H2,28,33)(H,29,34). The number of halogens is 1. The summed E-state index contributed by atoms with van der Waals surface area (Å²) in [5.74, 6) is -0.563. The number of likely N-dealkylation sites (N-methyl/N-ethyl adjacent to an activating group) is 1. The highest BCUT2D eigenvalue weighted by atomic mass is 35.5. The van der Waals surface area contributed by atoms with E-state index in [9.17, 15) is 14.4 Å². The first-order valence-electron chi connectivity index (χ1n) is 11.7. The van der Waals surface area contributed by atoms with Gasteiger partial charge >= 0.3 is 6.09 Å². The Labute approximate surface area is 211 Å². The highest BCUT2D eigenvalue weighted by Gasteiger charge is 2.42. The highest BCUT2D eigenvalue weighted by molar-refractivity contribution is 6.31. The number of benzene rings is 2. The van der Waals surface area contributed by atoms with Crippen LogP contribution in [0, 0.1) is 5.41 Å². The van der Waals surface area contributed by atoms with Gasteiger partial charge in [0.15, 0.2) is 0 Å². The Kier molecular flexibility index (Phi) is 9.12. The fourth-order valence-corrected chi connectivity index (χ4v) is 4.33. The minimum atomic E-state index is -0.996. The van der Waals surface area contributed by atoms with Gasteiger partial charge in [0, 0.05) is 30.3 Å². The lowest BCUT2D eigenvalue weighted by Crippen LogP contribution is -2.52. The van der Waals surface area contributed by atoms with Gasteiger partial charge in [-0.3, -0.25) is 19.8 Å². The smallest absolute Gasteiger partial charge is 0.411 e. The largest absolute Gasteiger partial charge is 0.448 e. The molecule has 35 heavy (non-hydrogen) atoms. The molecule has 8 nitrogen and oxygen atoms in total. The van der Waals surface area contributed by atoms with Crippen molar-refractivity contribution < 1.29 is 19.1 Å². The van der Waals surface area contributed by atoms with Crippen LogP contribution in [-0.4, -0.2) is 61.0 Å². The number of carbonyl (C=O) groups is 3. The third-order valence-corrected chi connectivity index (χ3v) is 6.86. The molecular formula is C26H33ClN4O4. The molecule has 3 amide bonds. The van der Waals surface area contributed by atoms with E-state index in [0.29, 0.717) is 43.2 Å². The van der Waals surface area contributed by atoms with E-state index in [1.807, 2.05) is 48.3 Å². The molecule has 1 heterocycles. The number of likely N-dealkylation sites (tertiary alicyclic amines) is 1. The van der Waals surface area contributed by atoms with E-state index in [2.05, 4.69) is 12.2 Å². The molecule has 9 heteroatoms. The van der Waals surface area contributed by atoms with Gasteiger partial charge in [0.1, 0.15) is 6.61 Å². The Bertz CT molecular complexity index is 1040. The number of amides is 3. The molecule has 0 radical (unpaired) electrons. The van der Waals surface area contributed by atoms with E-state index in [-0.39, 0.29) is 19.1 Å². The first kappa shape index (κ1) is 26.5. The molecule has 1 aliphatic rings. The number of carbonyl (C=O) groups excluding carboxylic acids is 3. The Hall–Kier alpha value is -3.10. The Morgan fingerprint density at radius 2 is 1.77 bits per heavy atom. The Morgan fingerprint density at radius 1 is 1.11 bits per heavy atom. The molecular weight excluding hydrogens is 468 g/mol. The summed E-state index contributed by atoms with van der Waals surface area (Å²) in [7, 11) is 1.86. The minimum Gasteiger partial charge on any atom is -0.448 e. The molecule has 0 atom stereocenters. The molecule has 3 rings (SSSR count). The number of aryl methyl sites for hydroxylation is 1. The van der Waals surface area contributed by atoms with Crippen LogP contribution in [0.3, 0.4) is 0 Å². The summed E-state index contributed by atoms with van der Waals surface area (Å²) in [6.45, 7) is 3.43. The molecule has 0 unspecified atom stereocenters. The van der Waals surface area contributed by atoms with Crippen LogP contribution in [0.5, 0.6) is 0 Å². The molecule has 0 saturated carbocycles. The van der Waals surface area contributed by atoms with Crippen molar-refractivity contribution in [2.75, 3.05) is 38.6 Å². The van der Waals surface area contributed by atoms with Crippen molar-refractivity contribution >= 4 is 35.2 Å². The number of hydrogen-bond donors (Lipinski definition) is 2. The number of nitrogens with one attached hydrogen (secondary N) is 1. The van der Waals surface area contributed by atoms with Gasteiger partial charge in [-0.05, 0) is 55.6 Å². The maximum absolute atomic E-state index is 12.8. The van der Waals surface area contributed by atoms with Gasteiger partial charge in [-0.15, -0.1) is 0 Å². The second-order valence-electron chi connectivity index (χ2n) is 9.04. The van der Waals surface area contributed by atoms with Crippen molar-refractivity contribution in [1.82, 2.24) is 9.80 Å². The number of ether oxygens (including phenoxy) is 1. The molecule has 2 aromatic rings. The van der Waals surface area contributed by atoms with Crippen LogP contribution in [-0.2, 0) is 27.3 Å². The number of hydrogen-bond acceptors (Lipinski definition) is 5. The second kappa shape index (κ2) is 12.0. The van der Waals surface area contributed by atoms with Crippen LogP contribution >= 0.6 is 11.6 Å². The number of nitrogens with two attached hydrogens (primary N) is 1. The van der Waals surface area contributed by atoms with Crippen molar-refractivity contribution in [2.24, 2.45) is 11.1 Å². The average Bonchev–Trinajstić information content (AvgIpc) is 2.85. The SMILES string of the molecule is CCc1ccc(NC(=O)OCC2(C(N)=O)CCN(C(=O)CN(C)Cc3ccccc3Cl)CC2)cc1. The molecule has 0 aliphatic carbocycles. The zero-order chi connectivity index (χ0) is 25.4. The predicted octanol–water partition coefficient (Wildman–Crippen LogP) is 3.68. The number of nitrogens with zero attached hydrogens (tertiary/aromatic N) is 2. The summed E-state index contributed by atoms with van der Waals surface area (Å²) < 4.78 is 5.37. The summed E-state index contributed by atoms with van der Waals surface area (Å²) in [6.07, 6.45) is 0.930. The summed E-state index contributed by atoms with van der Waals surface area (Å²) in [5.41, 5.74) is 7.43. The third-order valence-electron chi connectivity index (χ3n) is 6.49. The maximum Gasteiger partial charge on any atom is 0.411 e. The van der Waals surface area contributed by atoms with E-state index in [1.165, 1.54) is 0 Å². The normalized spacial score (nSPS) is 15.0. The molecule has 0 aromatic heterocycles. The van der Waals surface area contributed by atoms with Gasteiger partial charge < -0.3 is 15.4 Å². The fourth-order valence-electron chi connectivity index (χ4n) is 4.13. The van der Waals surface area contributed by atoms with Crippen LogP contribution in [0.4, 0.5) is 10.5 Å². The average molecular weight is 501 g/mol. The second-order valence-corrected chi connectivity index (χ2v) is 9.45. The third kappa shape index (κ3) is 7.19. The van der Waals surface area contributed by atoms with E-state index in [4.69, 9.17) is 22.1 Å². The van der Waals surface area contributed by atoms with E-state index in [0.717, 1.165) is 17.5 Å². The van der Waals surface area contributed by atoms with Crippen LogP contribution < -0.4 is 11.1 Å². The van der Waals surface area contributed by atoms with Crippen molar-refractivity contribution in [3.63, 3.8) is 0 Å². The molecule has 188 valence electrons. The highest BCUT2D eigenvalue weighted by Crippen LogP contribution is 2.32. The predicted molar refractivity (Wildman–Crippen MR) is 136 cm³/mol. The summed E-state index contributed by atoms with van der Waals surface area (Å²) in [6, 6.07) is 15.0. The van der Waals surface area contributed by atoms with E-state index >= 15 is 0 Å². The Balaban J connectivity index is 1.49. The summed E-state index contributed by atoms with van der Waals surface area (Å²) >= 11 is 6.22. The van der Waals surface area contributed by atoms with Gasteiger partial charge in [-0.25, -0.2) is 4.79 Å². The fraction of sp³-hybridized carbons (Fsp3) is 0.423. The molecule has 1 fully saturated rings. The quantitative estimate of drug-likeness (QED) is 0.546. The van der Waals surface area contributed by atoms with Crippen LogP contribution in [0.15, 0.2) is 48.5 Å². The summed E-state index contributed by atoms with van der Waals surface area (Å²) in [4.78, 5) is 41.0. The number of primary amides is 1. The molecule has 0 spiro atoms. The van der Waals surface area contributed by atoms with E-state index < -0.39 is 17.4 Å². The van der Waals surface area contributed by atoms with Crippen molar-refractivity contribution in [1.29, 1.82) is 0 Å². The topological polar surface area (TPSA) is 105 Å². The van der Waals surface area contributed by atoms with E-state index in [1.54, 1.807) is 17.0 Å². The lowest BCUT2D eigenvalue weighted by atomic mass is 9.78. The molecule has 3 N–H and O–H groups in total. The lowest BCUT2D eigenvalue weighted by molar-refractivity contribution is -0.141. The first-order chi connectivity index (χ1) is 16.7. The number of piperidine rings is 1. The Morgan fingerprint density at radius 3 is 2.37 bits per heavy atom. The van der Waals surface area contributed by atoms with Crippen LogP contribution in [0.1, 0.15) is 30.9 Å². The van der Waals surface area contributed by atoms with Gasteiger partial charge in [-0.1, -0.05) is 48.9 Å². The minimum absolute atomic E-state index is 0.0354. The monoisotopic (exact) mass is 500 g/mol. The van der Waals surface area contributed by atoms with Crippen LogP contribution in [0.25, 0.3) is 0 Å². The van der Waals surface area contributed by atoms with Crippen molar-refractivity contribution in [3.8, 4) is 0 Å². The van der Waals surface area contributed by atoms with Crippen molar-refractivity contribution in [3.05, 3.63) is 64.7 Å².